The van der Waals surface area contributed by atoms with Gasteiger partial charge in [0.05, 0.1) is 26.4 Å². The Balaban J connectivity index is 1.87. The Morgan fingerprint density at radius 1 is 1.45 bits per heavy atom. The second kappa shape index (κ2) is 7.09. The summed E-state index contributed by atoms with van der Waals surface area (Å²) in [6.07, 6.45) is 0. The van der Waals surface area contributed by atoms with Crippen molar-refractivity contribution in [2.75, 3.05) is 44.8 Å². The molecular formula is C14H19FN2O3. The number of hydrogen-bond donors (Lipinski definition) is 1. The van der Waals surface area contributed by atoms with Gasteiger partial charge in [-0.3, -0.25) is 4.79 Å². The minimum Gasteiger partial charge on any atom is -0.491 e. The maximum atomic E-state index is 13.6. The van der Waals surface area contributed by atoms with Crippen molar-refractivity contribution < 1.29 is 18.7 Å². The lowest BCUT2D eigenvalue weighted by Gasteiger charge is -2.27. The van der Waals surface area contributed by atoms with Crippen LogP contribution < -0.4 is 10.1 Å². The van der Waals surface area contributed by atoms with Crippen molar-refractivity contribution in [1.82, 2.24) is 4.90 Å². The highest BCUT2D eigenvalue weighted by Crippen LogP contribution is 2.21. The molecule has 0 aliphatic carbocycles. The summed E-state index contributed by atoms with van der Waals surface area (Å²) >= 11 is 0. The summed E-state index contributed by atoms with van der Waals surface area (Å²) in [4.78, 5) is 13.7. The van der Waals surface area contributed by atoms with Gasteiger partial charge in [-0.05, 0) is 19.1 Å². The number of halogens is 1. The first kappa shape index (κ1) is 14.6. The van der Waals surface area contributed by atoms with E-state index in [9.17, 15) is 9.18 Å². The summed E-state index contributed by atoms with van der Waals surface area (Å²) in [7, 11) is 0. The maximum Gasteiger partial charge on any atom is 0.242 e. The van der Waals surface area contributed by atoms with Crippen LogP contribution in [0.5, 0.6) is 5.75 Å². The summed E-state index contributed by atoms with van der Waals surface area (Å²) < 4.78 is 23.9. The number of carbonyl (C=O) groups excluding carboxylic acids is 1. The lowest BCUT2D eigenvalue weighted by molar-refractivity contribution is -0.133. The SMILES string of the molecule is CCOc1ccc(NCC(=O)N2CCOCC2)cc1F. The molecule has 1 heterocycles. The highest BCUT2D eigenvalue weighted by atomic mass is 19.1. The Hall–Kier alpha value is -1.82. The van der Waals surface area contributed by atoms with Gasteiger partial charge in [0.1, 0.15) is 0 Å². The number of amides is 1. The number of ether oxygens (including phenoxy) is 2. The summed E-state index contributed by atoms with van der Waals surface area (Å²) in [6.45, 7) is 4.72. The van der Waals surface area contributed by atoms with Crippen LogP contribution >= 0.6 is 0 Å². The van der Waals surface area contributed by atoms with Gasteiger partial charge in [-0.1, -0.05) is 0 Å². The summed E-state index contributed by atoms with van der Waals surface area (Å²) in [5, 5.41) is 2.92. The van der Waals surface area contributed by atoms with E-state index in [0.29, 0.717) is 38.6 Å². The second-order valence-electron chi connectivity index (χ2n) is 4.42. The predicted molar refractivity (Wildman–Crippen MR) is 73.5 cm³/mol. The van der Waals surface area contributed by atoms with Gasteiger partial charge in [0.15, 0.2) is 11.6 Å². The highest BCUT2D eigenvalue weighted by Gasteiger charge is 2.16. The molecular weight excluding hydrogens is 263 g/mol. The van der Waals surface area contributed by atoms with Gasteiger partial charge < -0.3 is 19.7 Å². The van der Waals surface area contributed by atoms with Crippen molar-refractivity contribution in [2.45, 2.75) is 6.92 Å². The molecule has 1 aliphatic heterocycles. The zero-order chi connectivity index (χ0) is 14.4. The third kappa shape index (κ3) is 3.84. The molecule has 0 radical (unpaired) electrons. The Labute approximate surface area is 117 Å². The lowest BCUT2D eigenvalue weighted by atomic mass is 10.3. The number of anilines is 1. The Morgan fingerprint density at radius 2 is 2.20 bits per heavy atom. The quantitative estimate of drug-likeness (QED) is 0.889. The number of nitrogens with one attached hydrogen (secondary N) is 1. The number of hydrogen-bond acceptors (Lipinski definition) is 4. The smallest absolute Gasteiger partial charge is 0.242 e. The van der Waals surface area contributed by atoms with Crippen LogP contribution in [0, 0.1) is 5.82 Å². The molecule has 1 aromatic rings. The van der Waals surface area contributed by atoms with Gasteiger partial charge in [-0.25, -0.2) is 4.39 Å². The first-order valence-electron chi connectivity index (χ1n) is 6.72. The maximum absolute atomic E-state index is 13.6. The molecule has 1 amide bonds. The summed E-state index contributed by atoms with van der Waals surface area (Å²) in [5.41, 5.74) is 0.563. The predicted octanol–water partition coefficient (Wildman–Crippen LogP) is 1.50. The van der Waals surface area contributed by atoms with Crippen LogP contribution in [0.1, 0.15) is 6.92 Å². The number of benzene rings is 1. The fourth-order valence-electron chi connectivity index (χ4n) is 1.99. The average Bonchev–Trinajstić information content (AvgIpc) is 2.48. The van der Waals surface area contributed by atoms with Crippen molar-refractivity contribution in [1.29, 1.82) is 0 Å². The van der Waals surface area contributed by atoms with Crippen molar-refractivity contribution in [3.63, 3.8) is 0 Å². The minimum absolute atomic E-state index is 0.0115. The molecule has 1 saturated heterocycles. The molecule has 1 fully saturated rings. The molecule has 0 unspecified atom stereocenters. The summed E-state index contributed by atoms with van der Waals surface area (Å²) in [5.74, 6) is -0.226. The number of nitrogens with zero attached hydrogens (tertiary/aromatic N) is 1. The lowest BCUT2D eigenvalue weighted by Crippen LogP contribution is -2.43. The van der Waals surface area contributed by atoms with E-state index in [-0.39, 0.29) is 18.2 Å². The second-order valence-corrected chi connectivity index (χ2v) is 4.42. The van der Waals surface area contributed by atoms with Crippen molar-refractivity contribution in [3.8, 4) is 5.75 Å². The van der Waals surface area contributed by atoms with Crippen LogP contribution in [-0.2, 0) is 9.53 Å². The monoisotopic (exact) mass is 282 g/mol. The molecule has 0 atom stereocenters. The zero-order valence-electron chi connectivity index (χ0n) is 11.5. The third-order valence-corrected chi connectivity index (χ3v) is 3.04. The third-order valence-electron chi connectivity index (χ3n) is 3.04. The standard InChI is InChI=1S/C14H19FN2O3/c1-2-20-13-4-3-11(9-12(13)15)16-10-14(18)17-5-7-19-8-6-17/h3-4,9,16H,2,5-8,10H2,1H3. The first-order chi connectivity index (χ1) is 9.70. The van der Waals surface area contributed by atoms with Gasteiger partial charge in [0.25, 0.3) is 0 Å². The Bertz CT molecular complexity index is 462. The van der Waals surface area contributed by atoms with E-state index in [1.54, 1.807) is 24.0 Å². The van der Waals surface area contributed by atoms with Gasteiger partial charge in [0, 0.05) is 24.8 Å². The molecule has 1 N–H and O–H groups in total. The van der Waals surface area contributed by atoms with E-state index in [0.717, 1.165) is 0 Å². The molecule has 0 saturated carbocycles. The number of morpholine rings is 1. The first-order valence-corrected chi connectivity index (χ1v) is 6.72. The molecule has 1 aromatic carbocycles. The van der Waals surface area contributed by atoms with Gasteiger partial charge >= 0.3 is 0 Å². The van der Waals surface area contributed by atoms with Crippen molar-refractivity contribution in [2.24, 2.45) is 0 Å². The van der Waals surface area contributed by atoms with Crippen LogP contribution in [0.4, 0.5) is 10.1 Å². The van der Waals surface area contributed by atoms with E-state index in [1.807, 2.05) is 0 Å². The Morgan fingerprint density at radius 3 is 2.85 bits per heavy atom. The van der Waals surface area contributed by atoms with Crippen molar-refractivity contribution in [3.05, 3.63) is 24.0 Å². The van der Waals surface area contributed by atoms with Gasteiger partial charge in [-0.2, -0.15) is 0 Å². The van der Waals surface area contributed by atoms with Crippen LogP contribution in [0.2, 0.25) is 0 Å². The molecule has 2 rings (SSSR count). The zero-order valence-corrected chi connectivity index (χ0v) is 11.5. The van der Waals surface area contributed by atoms with Crippen LogP contribution in [0.15, 0.2) is 18.2 Å². The minimum atomic E-state index is -0.435. The van der Waals surface area contributed by atoms with Gasteiger partial charge in [0.2, 0.25) is 5.91 Å². The van der Waals surface area contributed by atoms with E-state index < -0.39 is 5.82 Å². The fraction of sp³-hybridized carbons (Fsp3) is 0.500. The Kier molecular flexibility index (Phi) is 5.17. The average molecular weight is 282 g/mol. The van der Waals surface area contributed by atoms with E-state index in [1.165, 1.54) is 6.07 Å². The molecule has 0 bridgehead atoms. The van der Waals surface area contributed by atoms with E-state index >= 15 is 0 Å². The molecule has 110 valence electrons. The molecule has 0 spiro atoms. The number of carbonyl (C=O) groups is 1. The molecule has 20 heavy (non-hydrogen) atoms. The van der Waals surface area contributed by atoms with Crippen molar-refractivity contribution >= 4 is 11.6 Å². The normalized spacial score (nSPS) is 15.0. The summed E-state index contributed by atoms with van der Waals surface area (Å²) in [6, 6.07) is 4.58. The number of rotatable bonds is 5. The molecule has 0 aromatic heterocycles. The molecule has 1 aliphatic rings. The topological polar surface area (TPSA) is 50.8 Å². The fourth-order valence-corrected chi connectivity index (χ4v) is 1.99. The van der Waals surface area contributed by atoms with Crippen LogP contribution in [0.25, 0.3) is 0 Å². The molecule has 6 heteroatoms. The highest BCUT2D eigenvalue weighted by molar-refractivity contribution is 5.81. The van der Waals surface area contributed by atoms with Crippen LogP contribution in [-0.4, -0.2) is 50.3 Å². The van der Waals surface area contributed by atoms with Gasteiger partial charge in [-0.15, -0.1) is 0 Å². The van der Waals surface area contributed by atoms with Crippen LogP contribution in [0.3, 0.4) is 0 Å². The van der Waals surface area contributed by atoms with E-state index in [2.05, 4.69) is 5.32 Å². The van der Waals surface area contributed by atoms with E-state index in [4.69, 9.17) is 9.47 Å². The molecule has 5 nitrogen and oxygen atoms in total. The largest absolute Gasteiger partial charge is 0.491 e.